The molecule has 0 heterocycles. The Bertz CT molecular complexity index is 88.1. The molecule has 0 aromatic rings. The van der Waals surface area contributed by atoms with E-state index in [1.807, 2.05) is 0 Å². The van der Waals surface area contributed by atoms with Crippen LogP contribution in [-0.4, -0.2) is 11.2 Å². The number of carbonyl (C=O) groups excluding carboxylic acids is 1. The van der Waals surface area contributed by atoms with E-state index in [4.69, 9.17) is 0 Å². The van der Waals surface area contributed by atoms with Gasteiger partial charge in [0, 0.05) is 5.92 Å². The van der Waals surface area contributed by atoms with Crippen molar-refractivity contribution in [1.29, 1.82) is 0 Å². The summed E-state index contributed by atoms with van der Waals surface area (Å²) in [6, 6.07) is 0. The van der Waals surface area contributed by atoms with Gasteiger partial charge >= 0.3 is 0 Å². The average Bonchev–Trinajstić information content (AvgIpc) is 1.65. The summed E-state index contributed by atoms with van der Waals surface area (Å²) in [5.74, 6) is 0.0880. The van der Waals surface area contributed by atoms with Crippen LogP contribution in [0, 0.1) is 5.92 Å². The normalized spacial score (nSPS) is 12.9. The van der Waals surface area contributed by atoms with Gasteiger partial charge in [-0.2, -0.15) is 0 Å². The first-order chi connectivity index (χ1) is 3.18. The van der Waals surface area contributed by atoms with E-state index >= 15 is 0 Å². The molecule has 0 rings (SSSR count). The molecule has 0 radical (unpaired) electrons. The standard InChI is InChI=1S/C5H8OS/c1-4(3-7)5(2)6/h3-4H,1-2H3. The summed E-state index contributed by atoms with van der Waals surface area (Å²) < 4.78 is 0. The smallest absolute Gasteiger partial charge is 0.137 e. The summed E-state index contributed by atoms with van der Waals surface area (Å²) >= 11 is 4.51. The summed E-state index contributed by atoms with van der Waals surface area (Å²) in [6.07, 6.45) is 0. The molecular formula is C5H8OS. The quantitative estimate of drug-likeness (QED) is 0.504. The van der Waals surface area contributed by atoms with Gasteiger partial charge in [-0.1, -0.05) is 19.1 Å². The van der Waals surface area contributed by atoms with E-state index < -0.39 is 0 Å². The Morgan fingerprint density at radius 2 is 2.29 bits per heavy atom. The van der Waals surface area contributed by atoms with Crippen molar-refractivity contribution in [2.75, 3.05) is 0 Å². The molecule has 40 valence electrons. The molecule has 0 fully saturated rings. The molecular weight excluding hydrogens is 108 g/mol. The van der Waals surface area contributed by atoms with E-state index in [1.54, 1.807) is 6.92 Å². The van der Waals surface area contributed by atoms with Crippen LogP contribution in [-0.2, 0) is 4.79 Å². The largest absolute Gasteiger partial charge is 0.299 e. The molecule has 0 saturated carbocycles. The molecule has 0 bridgehead atoms. The zero-order chi connectivity index (χ0) is 5.86. The first-order valence-electron chi connectivity index (χ1n) is 2.14. The van der Waals surface area contributed by atoms with E-state index in [1.165, 1.54) is 12.3 Å². The lowest BCUT2D eigenvalue weighted by atomic mass is 10.1. The monoisotopic (exact) mass is 116 g/mol. The van der Waals surface area contributed by atoms with Crippen molar-refractivity contribution in [3.63, 3.8) is 0 Å². The summed E-state index contributed by atoms with van der Waals surface area (Å²) in [5.41, 5.74) is 0. The second kappa shape index (κ2) is 2.86. The molecule has 1 atom stereocenters. The lowest BCUT2D eigenvalue weighted by molar-refractivity contribution is -0.118. The summed E-state index contributed by atoms with van der Waals surface area (Å²) in [6.45, 7) is 3.32. The maximum absolute atomic E-state index is 10.3. The number of hydrogen-bond acceptors (Lipinski definition) is 2. The minimum absolute atomic E-state index is 0.0463. The molecule has 0 aromatic heterocycles. The van der Waals surface area contributed by atoms with Crippen LogP contribution in [0.5, 0.6) is 0 Å². The third kappa shape index (κ3) is 2.45. The summed E-state index contributed by atoms with van der Waals surface area (Å²) in [4.78, 5) is 10.3. The van der Waals surface area contributed by atoms with E-state index in [9.17, 15) is 4.79 Å². The van der Waals surface area contributed by atoms with Crippen molar-refractivity contribution in [3.05, 3.63) is 0 Å². The van der Waals surface area contributed by atoms with Crippen LogP contribution in [0.4, 0.5) is 0 Å². The van der Waals surface area contributed by atoms with Crippen LogP contribution >= 0.6 is 12.2 Å². The molecule has 0 aliphatic rings. The van der Waals surface area contributed by atoms with Crippen molar-refractivity contribution in [2.45, 2.75) is 13.8 Å². The van der Waals surface area contributed by atoms with Gasteiger partial charge in [-0.3, -0.25) is 4.79 Å². The van der Waals surface area contributed by atoms with Gasteiger partial charge in [0.2, 0.25) is 0 Å². The fourth-order valence-electron chi connectivity index (χ4n) is 0.0958. The number of ketones is 1. The zero-order valence-electron chi connectivity index (χ0n) is 4.47. The van der Waals surface area contributed by atoms with Crippen molar-refractivity contribution in [3.8, 4) is 0 Å². The number of rotatable bonds is 2. The SMILES string of the molecule is CC(=O)C(C)C=S. The van der Waals surface area contributed by atoms with Gasteiger partial charge < -0.3 is 0 Å². The van der Waals surface area contributed by atoms with Crippen molar-refractivity contribution in [1.82, 2.24) is 0 Å². The summed E-state index contributed by atoms with van der Waals surface area (Å²) in [5, 5.41) is 1.47. The highest BCUT2D eigenvalue weighted by molar-refractivity contribution is 7.79. The van der Waals surface area contributed by atoms with Crippen molar-refractivity contribution >= 4 is 23.4 Å². The number of thiocarbonyl (C=S) groups is 1. The predicted molar refractivity (Wildman–Crippen MR) is 33.5 cm³/mol. The second-order valence-electron chi connectivity index (χ2n) is 1.54. The molecule has 0 spiro atoms. The minimum atomic E-state index is -0.0463. The Hall–Kier alpha value is -0.240. The van der Waals surface area contributed by atoms with Gasteiger partial charge in [0.15, 0.2) is 0 Å². The fraction of sp³-hybridized carbons (Fsp3) is 0.600. The highest BCUT2D eigenvalue weighted by atomic mass is 32.1. The van der Waals surface area contributed by atoms with E-state index in [0.717, 1.165) is 0 Å². The Labute approximate surface area is 48.7 Å². The van der Waals surface area contributed by atoms with Gasteiger partial charge in [0.05, 0.1) is 0 Å². The minimum Gasteiger partial charge on any atom is -0.299 e. The molecule has 0 amide bonds. The number of carbonyl (C=O) groups is 1. The molecule has 1 nitrogen and oxygen atoms in total. The highest BCUT2D eigenvalue weighted by Crippen LogP contribution is 1.89. The van der Waals surface area contributed by atoms with Crippen LogP contribution in [0.15, 0.2) is 0 Å². The molecule has 0 N–H and O–H groups in total. The molecule has 0 aliphatic carbocycles. The first kappa shape index (κ1) is 6.76. The zero-order valence-corrected chi connectivity index (χ0v) is 5.29. The lowest BCUT2D eigenvalue weighted by Gasteiger charge is -1.92. The number of Topliss-reactive ketones (excluding diaryl/α,β-unsaturated/α-hetero) is 1. The molecule has 2 heteroatoms. The Balaban J connectivity index is 3.55. The van der Waals surface area contributed by atoms with Crippen molar-refractivity contribution in [2.24, 2.45) is 5.92 Å². The van der Waals surface area contributed by atoms with Crippen LogP contribution in [0.25, 0.3) is 0 Å². The van der Waals surface area contributed by atoms with Gasteiger partial charge in [-0.25, -0.2) is 0 Å². The summed E-state index contributed by atoms with van der Waals surface area (Å²) in [7, 11) is 0. The Morgan fingerprint density at radius 3 is 2.29 bits per heavy atom. The van der Waals surface area contributed by atoms with Gasteiger partial charge in [0.1, 0.15) is 5.78 Å². The molecule has 0 aromatic carbocycles. The average molecular weight is 116 g/mol. The first-order valence-corrected chi connectivity index (χ1v) is 2.61. The van der Waals surface area contributed by atoms with Crippen LogP contribution in [0.3, 0.4) is 0 Å². The Morgan fingerprint density at radius 1 is 1.86 bits per heavy atom. The number of hydrogen-bond donors (Lipinski definition) is 0. The highest BCUT2D eigenvalue weighted by Gasteiger charge is 1.99. The van der Waals surface area contributed by atoms with E-state index in [-0.39, 0.29) is 11.7 Å². The Kier molecular flexibility index (Phi) is 2.76. The van der Waals surface area contributed by atoms with E-state index in [2.05, 4.69) is 12.2 Å². The third-order valence-corrected chi connectivity index (χ3v) is 1.25. The fourth-order valence-corrected chi connectivity index (χ4v) is 0.287. The van der Waals surface area contributed by atoms with Crippen LogP contribution in [0.1, 0.15) is 13.8 Å². The topological polar surface area (TPSA) is 17.1 Å². The van der Waals surface area contributed by atoms with Gasteiger partial charge in [0.25, 0.3) is 0 Å². The second-order valence-corrected chi connectivity index (χ2v) is 1.81. The molecule has 0 saturated heterocycles. The maximum atomic E-state index is 10.3. The maximum Gasteiger partial charge on any atom is 0.137 e. The van der Waals surface area contributed by atoms with Crippen LogP contribution in [0.2, 0.25) is 0 Å². The van der Waals surface area contributed by atoms with E-state index in [0.29, 0.717) is 0 Å². The molecule has 7 heavy (non-hydrogen) atoms. The van der Waals surface area contributed by atoms with Gasteiger partial charge in [-0.15, -0.1) is 0 Å². The molecule has 1 unspecified atom stereocenters. The van der Waals surface area contributed by atoms with Gasteiger partial charge in [-0.05, 0) is 12.3 Å². The van der Waals surface area contributed by atoms with Crippen LogP contribution < -0.4 is 0 Å². The predicted octanol–water partition coefficient (Wildman–Crippen LogP) is 1.21. The van der Waals surface area contributed by atoms with Crippen molar-refractivity contribution < 1.29 is 4.79 Å². The molecule has 0 aliphatic heterocycles. The lowest BCUT2D eigenvalue weighted by Crippen LogP contribution is -2.04. The third-order valence-electron chi connectivity index (χ3n) is 0.845.